The van der Waals surface area contributed by atoms with Crippen molar-refractivity contribution < 1.29 is 10.4 Å². The van der Waals surface area contributed by atoms with Gasteiger partial charge in [-0.25, -0.2) is 0 Å². The molecule has 0 rings (SSSR count). The topological polar surface area (TPSA) is 65.2 Å². The van der Waals surface area contributed by atoms with Crippen LogP contribution < -0.4 is 0 Å². The van der Waals surface area contributed by atoms with Gasteiger partial charge in [0.1, 0.15) is 0 Å². The smallest absolute Gasteiger partial charge is 0.0574 e. The van der Waals surface area contributed by atoms with Gasteiger partial charge in [0.05, 0.1) is 5.71 Å². The van der Waals surface area contributed by atoms with E-state index in [-0.39, 0.29) is 0 Å². The molecule has 0 radical (unpaired) electrons. The molecule has 4 nitrogen and oxygen atoms in total. The summed E-state index contributed by atoms with van der Waals surface area (Å²) in [5.41, 5.74) is 0.798. The fraction of sp³-hybridized carbons (Fsp3) is 0.818. The van der Waals surface area contributed by atoms with E-state index >= 15 is 0 Å². The molecule has 0 amide bonds. The number of nitrogens with zero attached hydrogens (tertiary/aromatic N) is 2. The minimum absolute atomic E-state index is 0.630. The van der Waals surface area contributed by atoms with Crippen LogP contribution in [0.1, 0.15) is 58.3 Å². The van der Waals surface area contributed by atoms with E-state index in [0.717, 1.165) is 18.6 Å². The molecule has 0 spiro atoms. The molecule has 0 fully saturated rings. The van der Waals surface area contributed by atoms with Crippen molar-refractivity contribution in [2.45, 2.75) is 58.3 Å². The molecule has 0 heterocycles. The van der Waals surface area contributed by atoms with Gasteiger partial charge in [0.15, 0.2) is 0 Å². The fourth-order valence-corrected chi connectivity index (χ4v) is 1.45. The van der Waals surface area contributed by atoms with E-state index in [9.17, 15) is 0 Å². The Morgan fingerprint density at radius 1 is 1.07 bits per heavy atom. The van der Waals surface area contributed by atoms with Crippen LogP contribution in [0.2, 0.25) is 0 Å². The third-order valence-corrected chi connectivity index (χ3v) is 2.35. The molecule has 15 heavy (non-hydrogen) atoms. The molecule has 4 heteroatoms. The Labute approximate surface area is 91.7 Å². The van der Waals surface area contributed by atoms with E-state index in [4.69, 9.17) is 10.4 Å². The lowest BCUT2D eigenvalue weighted by molar-refractivity contribution is 0.315. The van der Waals surface area contributed by atoms with E-state index in [2.05, 4.69) is 17.2 Å². The monoisotopic (exact) mass is 214 g/mol. The van der Waals surface area contributed by atoms with Crippen molar-refractivity contribution in [1.29, 1.82) is 0 Å². The van der Waals surface area contributed by atoms with Crippen LogP contribution in [0.3, 0.4) is 0 Å². The summed E-state index contributed by atoms with van der Waals surface area (Å²) in [6, 6.07) is 0. The molecule has 2 N–H and O–H groups in total. The molecule has 0 aromatic carbocycles. The maximum absolute atomic E-state index is 8.71. The Balaban J connectivity index is 3.45. The summed E-state index contributed by atoms with van der Waals surface area (Å²) in [5, 5.41) is 23.1. The van der Waals surface area contributed by atoms with Crippen LogP contribution >= 0.6 is 0 Å². The summed E-state index contributed by atoms with van der Waals surface area (Å²) in [6.07, 6.45) is 9.63. The van der Waals surface area contributed by atoms with E-state index in [1.807, 2.05) is 0 Å². The molecular weight excluding hydrogens is 192 g/mol. The molecule has 0 aliphatic rings. The van der Waals surface area contributed by atoms with Crippen molar-refractivity contribution in [2.24, 2.45) is 10.3 Å². The highest BCUT2D eigenvalue weighted by Gasteiger charge is 1.99. The number of oxime groups is 2. The first-order valence-electron chi connectivity index (χ1n) is 5.70. The summed E-state index contributed by atoms with van der Waals surface area (Å²) in [7, 11) is 0. The molecule has 0 aliphatic heterocycles. The molecule has 0 aromatic rings. The van der Waals surface area contributed by atoms with Gasteiger partial charge in [-0.05, 0) is 25.7 Å². The Hall–Kier alpha value is -1.06. The average Bonchev–Trinajstić information content (AvgIpc) is 2.26. The average molecular weight is 214 g/mol. The highest BCUT2D eigenvalue weighted by atomic mass is 16.4. The zero-order valence-electron chi connectivity index (χ0n) is 9.52. The zero-order valence-corrected chi connectivity index (χ0v) is 9.52. The maximum atomic E-state index is 8.71. The van der Waals surface area contributed by atoms with Gasteiger partial charge in [0.25, 0.3) is 0 Å². The third-order valence-electron chi connectivity index (χ3n) is 2.35. The first kappa shape index (κ1) is 13.9. The highest BCUT2D eigenvalue weighted by molar-refractivity contribution is 5.85. The highest BCUT2D eigenvalue weighted by Crippen LogP contribution is 2.07. The molecule has 0 bridgehead atoms. The molecule has 0 saturated heterocycles. The molecule has 0 aliphatic carbocycles. The van der Waals surface area contributed by atoms with Crippen molar-refractivity contribution >= 4 is 11.9 Å². The number of hydrogen-bond acceptors (Lipinski definition) is 4. The largest absolute Gasteiger partial charge is 0.411 e. The first-order valence-corrected chi connectivity index (χ1v) is 5.70. The maximum Gasteiger partial charge on any atom is 0.0574 e. The van der Waals surface area contributed by atoms with Crippen LogP contribution in [0.4, 0.5) is 0 Å². The Morgan fingerprint density at radius 2 is 1.80 bits per heavy atom. The predicted octanol–water partition coefficient (Wildman–Crippen LogP) is 3.42. The second kappa shape index (κ2) is 11.0. The van der Waals surface area contributed by atoms with Crippen molar-refractivity contribution in [1.82, 2.24) is 0 Å². The SMILES string of the molecule is CCCCCCC/C(CC/C=N/O)=N/O. The van der Waals surface area contributed by atoms with Gasteiger partial charge >= 0.3 is 0 Å². The molecule has 0 saturated carbocycles. The second-order valence-electron chi connectivity index (χ2n) is 3.67. The lowest BCUT2D eigenvalue weighted by atomic mass is 10.1. The van der Waals surface area contributed by atoms with Gasteiger partial charge in [-0.15, -0.1) is 5.16 Å². The van der Waals surface area contributed by atoms with Crippen LogP contribution in [0, 0.1) is 0 Å². The van der Waals surface area contributed by atoms with Crippen LogP contribution in [0.25, 0.3) is 0 Å². The third kappa shape index (κ3) is 9.25. The van der Waals surface area contributed by atoms with Gasteiger partial charge in [0, 0.05) is 6.21 Å². The lowest BCUT2D eigenvalue weighted by Crippen LogP contribution is -1.99. The summed E-state index contributed by atoms with van der Waals surface area (Å²) >= 11 is 0. The van der Waals surface area contributed by atoms with E-state index in [1.165, 1.54) is 31.9 Å². The summed E-state index contributed by atoms with van der Waals surface area (Å²) in [6.45, 7) is 2.19. The standard InChI is InChI=1S/C11H22N2O2/c1-2-3-4-5-6-8-11(13-15)9-7-10-12-14/h10,14-15H,2-9H2,1H3/b12-10+,13-11-. The van der Waals surface area contributed by atoms with Crippen LogP contribution in [-0.4, -0.2) is 22.3 Å². The lowest BCUT2D eigenvalue weighted by Gasteiger charge is -2.02. The Kier molecular flexibility index (Phi) is 10.2. The van der Waals surface area contributed by atoms with Crippen LogP contribution in [0.5, 0.6) is 0 Å². The Morgan fingerprint density at radius 3 is 2.40 bits per heavy atom. The normalized spacial score (nSPS) is 12.5. The fourth-order valence-electron chi connectivity index (χ4n) is 1.45. The second-order valence-corrected chi connectivity index (χ2v) is 3.67. The number of rotatable bonds is 9. The van der Waals surface area contributed by atoms with E-state index < -0.39 is 0 Å². The van der Waals surface area contributed by atoms with E-state index in [0.29, 0.717) is 12.8 Å². The van der Waals surface area contributed by atoms with Crippen molar-refractivity contribution in [3.63, 3.8) is 0 Å². The van der Waals surface area contributed by atoms with Crippen molar-refractivity contribution in [3.8, 4) is 0 Å². The minimum atomic E-state index is 0.630. The molecule has 88 valence electrons. The first-order chi connectivity index (χ1) is 7.35. The molecule has 0 aromatic heterocycles. The molecular formula is C11H22N2O2. The van der Waals surface area contributed by atoms with Gasteiger partial charge in [-0.2, -0.15) is 0 Å². The summed E-state index contributed by atoms with van der Waals surface area (Å²) < 4.78 is 0. The van der Waals surface area contributed by atoms with E-state index in [1.54, 1.807) is 0 Å². The molecule has 0 unspecified atom stereocenters. The van der Waals surface area contributed by atoms with Gasteiger partial charge in [-0.3, -0.25) is 0 Å². The minimum Gasteiger partial charge on any atom is -0.411 e. The molecule has 0 atom stereocenters. The van der Waals surface area contributed by atoms with Crippen molar-refractivity contribution in [3.05, 3.63) is 0 Å². The number of hydrogen-bond donors (Lipinski definition) is 2. The van der Waals surface area contributed by atoms with Crippen molar-refractivity contribution in [2.75, 3.05) is 0 Å². The van der Waals surface area contributed by atoms with Gasteiger partial charge in [-0.1, -0.05) is 37.8 Å². The predicted molar refractivity (Wildman–Crippen MR) is 62.1 cm³/mol. The summed E-state index contributed by atoms with van der Waals surface area (Å²) in [5.74, 6) is 0. The number of unbranched alkanes of at least 4 members (excludes halogenated alkanes) is 4. The summed E-state index contributed by atoms with van der Waals surface area (Å²) in [4.78, 5) is 0. The zero-order chi connectivity index (χ0) is 11.4. The quantitative estimate of drug-likeness (QED) is 0.267. The van der Waals surface area contributed by atoms with Crippen LogP contribution in [0.15, 0.2) is 10.3 Å². The van der Waals surface area contributed by atoms with Crippen LogP contribution in [-0.2, 0) is 0 Å². The van der Waals surface area contributed by atoms with Gasteiger partial charge in [0.2, 0.25) is 0 Å². The Bertz CT molecular complexity index is 191. The van der Waals surface area contributed by atoms with Gasteiger partial charge < -0.3 is 10.4 Å².